The maximum absolute atomic E-state index is 12.6. The second-order valence-corrected chi connectivity index (χ2v) is 11.7. The monoisotopic (exact) mass is 559 g/mol. The molecule has 1 heterocycles. The minimum absolute atomic E-state index is 0.413. The Labute approximate surface area is 232 Å². The number of benzene rings is 3. The first-order valence-electron chi connectivity index (χ1n) is 12.8. The Hall–Kier alpha value is -4.44. The van der Waals surface area contributed by atoms with Gasteiger partial charge in [-0.25, -0.2) is 13.2 Å². The van der Waals surface area contributed by atoms with E-state index in [1.807, 2.05) is 78.9 Å². The van der Waals surface area contributed by atoms with E-state index in [1.54, 1.807) is 13.8 Å². The predicted molar refractivity (Wildman–Crippen MR) is 151 cm³/mol. The van der Waals surface area contributed by atoms with Crippen molar-refractivity contribution < 1.29 is 27.3 Å². The minimum Gasteiger partial charge on any atom is -0.441 e. The van der Waals surface area contributed by atoms with Crippen LogP contribution in [0.1, 0.15) is 42.7 Å². The van der Waals surface area contributed by atoms with E-state index in [9.17, 15) is 18.0 Å². The van der Waals surface area contributed by atoms with Crippen LogP contribution < -0.4 is 10.0 Å². The normalized spacial score (nSPS) is 14.7. The van der Waals surface area contributed by atoms with Gasteiger partial charge in [-0.15, -0.1) is 0 Å². The summed E-state index contributed by atoms with van der Waals surface area (Å²) in [6.45, 7) is 3.54. The number of anilines is 1. The fourth-order valence-electron chi connectivity index (χ4n) is 4.63. The molecule has 1 atom stereocenters. The molecule has 0 saturated heterocycles. The van der Waals surface area contributed by atoms with Crippen LogP contribution in [0.15, 0.2) is 83.4 Å². The summed E-state index contributed by atoms with van der Waals surface area (Å²) in [5.74, 6) is -0.0754. The van der Waals surface area contributed by atoms with Gasteiger partial charge in [0.2, 0.25) is 15.9 Å². The highest BCUT2D eigenvalue weighted by Crippen LogP contribution is 2.48. The standard InChI is InChI=1S/C30H29N3O6S/c1-19-26(31-29(35)38-20(2)21-7-5-4-6-8-21)27(39-32-19)24-11-9-22(10-12-24)23-13-15-25(16-14-23)30(17-18-30)28(34)33-40(3,36)37/h4-16,20H,17-18H2,1-3H3,(H,31,35)(H,33,34)/t20-/m0/s1. The van der Waals surface area contributed by atoms with Crippen LogP contribution in [0.25, 0.3) is 22.5 Å². The van der Waals surface area contributed by atoms with Crippen molar-refractivity contribution in [2.75, 3.05) is 11.6 Å². The summed E-state index contributed by atoms with van der Waals surface area (Å²) in [5, 5.41) is 6.79. The highest BCUT2D eigenvalue weighted by molar-refractivity contribution is 7.89. The Morgan fingerprint density at radius 1 is 0.925 bits per heavy atom. The number of nitrogens with one attached hydrogen (secondary N) is 2. The van der Waals surface area contributed by atoms with Crippen molar-refractivity contribution in [2.24, 2.45) is 0 Å². The zero-order valence-electron chi connectivity index (χ0n) is 22.3. The second-order valence-electron chi connectivity index (χ2n) is 10.00. The molecule has 0 bridgehead atoms. The molecular weight excluding hydrogens is 530 g/mol. The van der Waals surface area contributed by atoms with Gasteiger partial charge in [-0.3, -0.25) is 14.8 Å². The molecular formula is C30H29N3O6S. The van der Waals surface area contributed by atoms with Gasteiger partial charge in [0.05, 0.1) is 11.7 Å². The van der Waals surface area contributed by atoms with Crippen LogP contribution in [-0.2, 0) is 25.0 Å². The predicted octanol–water partition coefficient (Wildman–Crippen LogP) is 5.73. The number of aryl methyl sites for hydroxylation is 1. The number of rotatable bonds is 8. The molecule has 0 unspecified atom stereocenters. The average Bonchev–Trinajstić information content (AvgIpc) is 3.67. The van der Waals surface area contributed by atoms with Gasteiger partial charge in [0.15, 0.2) is 5.76 Å². The van der Waals surface area contributed by atoms with E-state index >= 15 is 0 Å². The lowest BCUT2D eigenvalue weighted by atomic mass is 9.93. The van der Waals surface area contributed by atoms with Crippen molar-refractivity contribution >= 4 is 27.7 Å². The highest BCUT2D eigenvalue weighted by Gasteiger charge is 2.52. The quantitative estimate of drug-likeness (QED) is 0.282. The summed E-state index contributed by atoms with van der Waals surface area (Å²) in [7, 11) is -3.62. The van der Waals surface area contributed by atoms with Crippen LogP contribution >= 0.6 is 0 Å². The van der Waals surface area contributed by atoms with Crippen molar-refractivity contribution in [2.45, 2.75) is 38.2 Å². The Bertz CT molecular complexity index is 1640. The Morgan fingerprint density at radius 3 is 2.08 bits per heavy atom. The fourth-order valence-corrected chi connectivity index (χ4v) is 5.16. The largest absolute Gasteiger partial charge is 0.441 e. The van der Waals surface area contributed by atoms with Crippen LogP contribution in [0.5, 0.6) is 0 Å². The molecule has 0 spiro atoms. The smallest absolute Gasteiger partial charge is 0.412 e. The second kappa shape index (κ2) is 10.6. The number of nitrogens with zero attached hydrogens (tertiary/aromatic N) is 1. The number of hydrogen-bond donors (Lipinski definition) is 2. The molecule has 2 N–H and O–H groups in total. The third kappa shape index (κ3) is 5.76. The van der Waals surface area contributed by atoms with Gasteiger partial charge in [-0.2, -0.15) is 0 Å². The van der Waals surface area contributed by atoms with E-state index in [-0.39, 0.29) is 0 Å². The van der Waals surface area contributed by atoms with Gasteiger partial charge in [0.25, 0.3) is 0 Å². The van der Waals surface area contributed by atoms with E-state index in [4.69, 9.17) is 9.26 Å². The van der Waals surface area contributed by atoms with E-state index in [0.717, 1.165) is 34.1 Å². The zero-order chi connectivity index (χ0) is 28.5. The third-order valence-electron chi connectivity index (χ3n) is 7.02. The molecule has 0 aliphatic heterocycles. The van der Waals surface area contributed by atoms with Crippen molar-refractivity contribution in [3.05, 3.63) is 95.7 Å². The van der Waals surface area contributed by atoms with Gasteiger partial charge in [0.1, 0.15) is 17.5 Å². The van der Waals surface area contributed by atoms with E-state index in [2.05, 4.69) is 15.2 Å². The summed E-state index contributed by atoms with van der Waals surface area (Å²) >= 11 is 0. The Kier molecular flexibility index (Phi) is 7.20. The number of hydrogen-bond acceptors (Lipinski definition) is 7. The van der Waals surface area contributed by atoms with E-state index in [0.29, 0.717) is 30.0 Å². The number of carbonyl (C=O) groups is 2. The van der Waals surface area contributed by atoms with Crippen LogP contribution in [-0.4, -0.2) is 31.8 Å². The molecule has 0 radical (unpaired) electrons. The first-order valence-corrected chi connectivity index (χ1v) is 14.7. The molecule has 1 aromatic heterocycles. The summed E-state index contributed by atoms with van der Waals surface area (Å²) in [6, 6.07) is 24.6. The number of carbonyl (C=O) groups excluding carboxylic acids is 2. The molecule has 10 heteroatoms. The molecule has 1 saturated carbocycles. The summed E-state index contributed by atoms with van der Waals surface area (Å²) in [4.78, 5) is 25.2. The van der Waals surface area contributed by atoms with Crippen molar-refractivity contribution in [1.29, 1.82) is 0 Å². The molecule has 1 aliphatic carbocycles. The van der Waals surface area contributed by atoms with E-state index in [1.165, 1.54) is 0 Å². The lowest BCUT2D eigenvalue weighted by Crippen LogP contribution is -2.38. The lowest BCUT2D eigenvalue weighted by Gasteiger charge is -2.15. The molecule has 4 aromatic rings. The van der Waals surface area contributed by atoms with E-state index < -0.39 is 33.5 Å². The maximum Gasteiger partial charge on any atom is 0.412 e. The van der Waals surface area contributed by atoms with Crippen LogP contribution in [0, 0.1) is 6.92 Å². The Morgan fingerprint density at radius 2 is 1.50 bits per heavy atom. The van der Waals surface area contributed by atoms with Crippen molar-refractivity contribution in [3.63, 3.8) is 0 Å². The fraction of sp³-hybridized carbons (Fsp3) is 0.233. The maximum atomic E-state index is 12.6. The number of aromatic nitrogens is 1. The molecule has 3 aromatic carbocycles. The topological polar surface area (TPSA) is 128 Å². The molecule has 2 amide bonds. The first-order chi connectivity index (χ1) is 19.1. The van der Waals surface area contributed by atoms with Gasteiger partial charge in [0, 0.05) is 5.56 Å². The molecule has 5 rings (SSSR count). The summed E-state index contributed by atoms with van der Waals surface area (Å²) in [5.41, 5.74) is 4.42. The van der Waals surface area contributed by atoms with Gasteiger partial charge >= 0.3 is 6.09 Å². The molecule has 1 aliphatic rings. The Balaban J connectivity index is 1.29. The summed E-state index contributed by atoms with van der Waals surface area (Å²) in [6.07, 6.45) is 1.14. The number of ether oxygens (including phenoxy) is 1. The van der Waals surface area contributed by atoms with Gasteiger partial charge in [-0.1, -0.05) is 84.0 Å². The summed E-state index contributed by atoms with van der Waals surface area (Å²) < 4.78 is 36.2. The van der Waals surface area contributed by atoms with Crippen molar-refractivity contribution in [1.82, 2.24) is 9.88 Å². The van der Waals surface area contributed by atoms with Crippen LogP contribution in [0.3, 0.4) is 0 Å². The molecule has 40 heavy (non-hydrogen) atoms. The minimum atomic E-state index is -3.62. The third-order valence-corrected chi connectivity index (χ3v) is 7.58. The lowest BCUT2D eigenvalue weighted by molar-refractivity contribution is -0.121. The van der Waals surface area contributed by atoms with Crippen molar-refractivity contribution in [3.8, 4) is 22.5 Å². The molecule has 9 nitrogen and oxygen atoms in total. The number of amides is 2. The average molecular weight is 560 g/mol. The van der Waals surface area contributed by atoms with Gasteiger partial charge < -0.3 is 9.26 Å². The highest BCUT2D eigenvalue weighted by atomic mass is 32.2. The van der Waals surface area contributed by atoms with Crippen LogP contribution in [0.2, 0.25) is 0 Å². The number of sulfonamides is 1. The zero-order valence-corrected chi connectivity index (χ0v) is 23.1. The van der Waals surface area contributed by atoms with Gasteiger partial charge in [-0.05, 0) is 48.9 Å². The first kappa shape index (κ1) is 27.1. The SMILES string of the molecule is Cc1noc(-c2ccc(-c3ccc(C4(C(=O)NS(C)(=O)=O)CC4)cc3)cc2)c1NC(=O)O[C@@H](C)c1ccccc1. The molecule has 206 valence electrons. The van der Waals surface area contributed by atoms with Crippen LogP contribution in [0.4, 0.5) is 10.5 Å². The molecule has 1 fully saturated rings.